The topological polar surface area (TPSA) is 72.0 Å². The Bertz CT molecular complexity index is 324. The molecule has 3 N–H and O–H groups in total. The van der Waals surface area contributed by atoms with E-state index < -0.39 is 0 Å². The highest BCUT2D eigenvalue weighted by molar-refractivity contribution is 5.94. The summed E-state index contributed by atoms with van der Waals surface area (Å²) < 4.78 is 5.51. The van der Waals surface area contributed by atoms with Crippen LogP contribution in [0.3, 0.4) is 0 Å². The molecule has 0 spiro atoms. The quantitative estimate of drug-likeness (QED) is 0.552. The number of aromatic nitrogens is 1. The molecule has 0 aromatic carbocycles. The van der Waals surface area contributed by atoms with E-state index in [1.54, 1.807) is 12.1 Å². The number of rotatable bonds is 2. The van der Waals surface area contributed by atoms with Gasteiger partial charge in [0, 0.05) is 17.8 Å². The molecule has 0 bridgehead atoms. The van der Waals surface area contributed by atoms with Crippen LogP contribution in [0.2, 0.25) is 0 Å². The van der Waals surface area contributed by atoms with E-state index in [4.69, 9.17) is 15.9 Å². The Labute approximate surface area is 83.6 Å². The van der Waals surface area contributed by atoms with Gasteiger partial charge in [-0.05, 0) is 26.8 Å². The second-order valence-electron chi connectivity index (χ2n) is 4.01. The summed E-state index contributed by atoms with van der Waals surface area (Å²) in [4.78, 5) is 4.04. The van der Waals surface area contributed by atoms with Gasteiger partial charge in [0.2, 0.25) is 5.88 Å². The van der Waals surface area contributed by atoms with Crippen molar-refractivity contribution < 1.29 is 4.74 Å². The third-order valence-electron chi connectivity index (χ3n) is 1.46. The summed E-state index contributed by atoms with van der Waals surface area (Å²) in [6.07, 6.45) is 1.53. The maximum Gasteiger partial charge on any atom is 0.213 e. The Morgan fingerprint density at radius 3 is 2.43 bits per heavy atom. The lowest BCUT2D eigenvalue weighted by molar-refractivity contribution is 0.124. The van der Waals surface area contributed by atoms with Gasteiger partial charge in [0.15, 0.2) is 0 Å². The lowest BCUT2D eigenvalue weighted by atomic mass is 10.2. The van der Waals surface area contributed by atoms with Crippen LogP contribution in [0.5, 0.6) is 5.88 Å². The first-order valence-corrected chi connectivity index (χ1v) is 4.38. The molecule has 1 aromatic heterocycles. The van der Waals surface area contributed by atoms with Crippen LogP contribution in [0.25, 0.3) is 0 Å². The van der Waals surface area contributed by atoms with E-state index in [2.05, 4.69) is 4.98 Å². The summed E-state index contributed by atoms with van der Waals surface area (Å²) in [5.41, 5.74) is 5.64. The van der Waals surface area contributed by atoms with Gasteiger partial charge in [-0.25, -0.2) is 4.98 Å². The zero-order valence-electron chi connectivity index (χ0n) is 8.66. The van der Waals surface area contributed by atoms with Gasteiger partial charge in [0.1, 0.15) is 11.4 Å². The number of nitrogen functional groups attached to an aromatic ring is 1. The van der Waals surface area contributed by atoms with Crippen molar-refractivity contribution >= 4 is 5.84 Å². The first kappa shape index (κ1) is 10.5. The summed E-state index contributed by atoms with van der Waals surface area (Å²) in [5.74, 6) is 0.558. The van der Waals surface area contributed by atoms with Crippen LogP contribution in [0.1, 0.15) is 26.3 Å². The molecule has 1 heterocycles. The number of nitrogens with zero attached hydrogens (tertiary/aromatic N) is 1. The van der Waals surface area contributed by atoms with Gasteiger partial charge in [0.05, 0.1) is 0 Å². The van der Waals surface area contributed by atoms with Crippen molar-refractivity contribution in [1.82, 2.24) is 4.98 Å². The molecule has 0 aliphatic carbocycles. The molecule has 14 heavy (non-hydrogen) atoms. The summed E-state index contributed by atoms with van der Waals surface area (Å²) >= 11 is 0. The van der Waals surface area contributed by atoms with Crippen molar-refractivity contribution in [2.45, 2.75) is 26.4 Å². The zero-order valence-corrected chi connectivity index (χ0v) is 8.66. The number of ether oxygens (including phenoxy) is 1. The van der Waals surface area contributed by atoms with E-state index in [0.29, 0.717) is 11.4 Å². The maximum absolute atomic E-state index is 7.18. The minimum Gasteiger partial charge on any atom is -0.472 e. The van der Waals surface area contributed by atoms with Gasteiger partial charge in [-0.3, -0.25) is 5.41 Å². The summed E-state index contributed by atoms with van der Waals surface area (Å²) in [6, 6.07) is 3.43. The predicted molar refractivity (Wildman–Crippen MR) is 55.6 cm³/mol. The van der Waals surface area contributed by atoms with Crippen LogP contribution in [-0.4, -0.2) is 16.4 Å². The molecule has 0 unspecified atom stereocenters. The maximum atomic E-state index is 7.18. The minimum atomic E-state index is -0.259. The average Bonchev–Trinajstić information content (AvgIpc) is 2.02. The molecule has 0 saturated heterocycles. The summed E-state index contributed by atoms with van der Waals surface area (Å²) in [6.45, 7) is 5.86. The molecule has 0 radical (unpaired) electrons. The first-order valence-electron chi connectivity index (χ1n) is 4.38. The molecule has 0 saturated carbocycles. The minimum absolute atomic E-state index is 0.0137. The average molecular weight is 193 g/mol. The molecule has 0 atom stereocenters. The van der Waals surface area contributed by atoms with Gasteiger partial charge < -0.3 is 10.5 Å². The Balaban J connectivity index is 2.79. The summed E-state index contributed by atoms with van der Waals surface area (Å²) in [7, 11) is 0. The number of nitrogens with one attached hydrogen (secondary N) is 1. The van der Waals surface area contributed by atoms with E-state index in [0.717, 1.165) is 0 Å². The van der Waals surface area contributed by atoms with Gasteiger partial charge in [-0.1, -0.05) is 0 Å². The third-order valence-corrected chi connectivity index (χ3v) is 1.46. The van der Waals surface area contributed by atoms with Crippen molar-refractivity contribution in [3.05, 3.63) is 23.9 Å². The van der Waals surface area contributed by atoms with E-state index in [1.807, 2.05) is 20.8 Å². The molecule has 1 aromatic rings. The fraction of sp³-hybridized carbons (Fsp3) is 0.400. The van der Waals surface area contributed by atoms with Crippen molar-refractivity contribution in [3.8, 4) is 5.88 Å². The molecule has 4 heteroatoms. The molecule has 0 fully saturated rings. The van der Waals surface area contributed by atoms with E-state index >= 15 is 0 Å². The van der Waals surface area contributed by atoms with Crippen LogP contribution in [0.4, 0.5) is 0 Å². The van der Waals surface area contributed by atoms with Crippen molar-refractivity contribution in [2.75, 3.05) is 0 Å². The molecule has 1 rings (SSSR count). The van der Waals surface area contributed by atoms with Crippen molar-refractivity contribution in [1.29, 1.82) is 5.41 Å². The number of pyridine rings is 1. The highest BCUT2D eigenvalue weighted by Gasteiger charge is 2.12. The SMILES string of the molecule is CC(C)(C)Oc1ccc(C(=N)N)cn1. The van der Waals surface area contributed by atoms with E-state index in [9.17, 15) is 0 Å². The Morgan fingerprint density at radius 1 is 1.43 bits per heavy atom. The van der Waals surface area contributed by atoms with Crippen LogP contribution in [0, 0.1) is 5.41 Å². The number of nitrogens with two attached hydrogens (primary N) is 1. The molecule has 0 aliphatic rings. The molecule has 76 valence electrons. The number of amidine groups is 1. The molecular weight excluding hydrogens is 178 g/mol. The van der Waals surface area contributed by atoms with Crippen LogP contribution in [-0.2, 0) is 0 Å². The molecular formula is C10H15N3O. The van der Waals surface area contributed by atoms with Gasteiger partial charge >= 0.3 is 0 Å². The standard InChI is InChI=1S/C10H15N3O/c1-10(2,3)14-8-5-4-7(6-13-8)9(11)12/h4-6H,1-3H3,(H3,11,12). The number of hydrogen-bond donors (Lipinski definition) is 2. The fourth-order valence-electron chi connectivity index (χ4n) is 0.914. The van der Waals surface area contributed by atoms with Crippen LogP contribution >= 0.6 is 0 Å². The van der Waals surface area contributed by atoms with Gasteiger partial charge in [-0.15, -0.1) is 0 Å². The van der Waals surface area contributed by atoms with Crippen molar-refractivity contribution in [2.24, 2.45) is 5.73 Å². The van der Waals surface area contributed by atoms with Gasteiger partial charge in [0.25, 0.3) is 0 Å². The smallest absolute Gasteiger partial charge is 0.213 e. The Morgan fingerprint density at radius 2 is 2.07 bits per heavy atom. The lowest BCUT2D eigenvalue weighted by Crippen LogP contribution is -2.23. The van der Waals surface area contributed by atoms with Gasteiger partial charge in [-0.2, -0.15) is 0 Å². The predicted octanol–water partition coefficient (Wildman–Crippen LogP) is 1.54. The monoisotopic (exact) mass is 193 g/mol. The summed E-state index contributed by atoms with van der Waals surface area (Å²) in [5, 5.41) is 7.18. The molecule has 4 nitrogen and oxygen atoms in total. The fourth-order valence-corrected chi connectivity index (χ4v) is 0.914. The van der Waals surface area contributed by atoms with Crippen LogP contribution < -0.4 is 10.5 Å². The normalized spacial score (nSPS) is 11.1. The Hall–Kier alpha value is -1.58. The van der Waals surface area contributed by atoms with Crippen molar-refractivity contribution in [3.63, 3.8) is 0 Å². The van der Waals surface area contributed by atoms with E-state index in [1.165, 1.54) is 6.20 Å². The van der Waals surface area contributed by atoms with E-state index in [-0.39, 0.29) is 11.4 Å². The van der Waals surface area contributed by atoms with Crippen LogP contribution in [0.15, 0.2) is 18.3 Å². The highest BCUT2D eigenvalue weighted by atomic mass is 16.5. The second-order valence-corrected chi connectivity index (χ2v) is 4.01. The third kappa shape index (κ3) is 3.05. The molecule has 0 amide bonds. The molecule has 0 aliphatic heterocycles. The lowest BCUT2D eigenvalue weighted by Gasteiger charge is -2.20. The second kappa shape index (κ2) is 3.65. The highest BCUT2D eigenvalue weighted by Crippen LogP contribution is 2.14. The Kier molecular flexibility index (Phi) is 2.74. The zero-order chi connectivity index (χ0) is 10.8. The number of hydrogen-bond acceptors (Lipinski definition) is 3. The first-order chi connectivity index (χ1) is 6.38. The largest absolute Gasteiger partial charge is 0.472 e.